The van der Waals surface area contributed by atoms with Gasteiger partial charge in [-0.05, 0) is 63.0 Å². The molecule has 1 fully saturated rings. The van der Waals surface area contributed by atoms with E-state index in [-0.39, 0.29) is 64.0 Å². The summed E-state index contributed by atoms with van der Waals surface area (Å²) in [5.41, 5.74) is 23.7. The number of para-hydroxylation sites is 1. The van der Waals surface area contributed by atoms with Gasteiger partial charge >= 0.3 is 11.9 Å². The molecular formula is C50H74N16O15. The highest BCUT2D eigenvalue weighted by molar-refractivity contribution is 5.99. The van der Waals surface area contributed by atoms with Gasteiger partial charge < -0.3 is 95.4 Å². The molecule has 1 aliphatic heterocycles. The number of aromatic nitrogens is 3. The summed E-state index contributed by atoms with van der Waals surface area (Å²) in [5.74, 6) is -12.2. The summed E-state index contributed by atoms with van der Waals surface area (Å²) < 4.78 is 0. The topological polar surface area (TPSA) is 517 Å². The van der Waals surface area contributed by atoms with Gasteiger partial charge in [-0.15, -0.1) is 0 Å². The molecule has 0 radical (unpaired) electrons. The number of amides is 9. The number of carbonyl (C=O) groups excluding carboxylic acids is 9. The van der Waals surface area contributed by atoms with Crippen molar-refractivity contribution in [2.45, 2.75) is 145 Å². The molecule has 4 rings (SSSR count). The number of fused-ring (bicyclic) bond motifs is 1. The summed E-state index contributed by atoms with van der Waals surface area (Å²) in [6, 6.07) is -6.43. The van der Waals surface area contributed by atoms with Crippen LogP contribution in [0.5, 0.6) is 0 Å². The van der Waals surface area contributed by atoms with E-state index in [2.05, 4.69) is 57.2 Å². The second-order valence-corrected chi connectivity index (χ2v) is 19.8. The Morgan fingerprint density at radius 3 is 1.93 bits per heavy atom. The van der Waals surface area contributed by atoms with Crippen LogP contribution in [0.25, 0.3) is 10.9 Å². The number of aliphatic imine (C=N–C) groups is 1. The number of aliphatic carboxylic acids is 2. The van der Waals surface area contributed by atoms with E-state index in [1.165, 1.54) is 24.3 Å². The van der Waals surface area contributed by atoms with Crippen molar-refractivity contribution in [3.05, 3.63) is 54.2 Å². The van der Waals surface area contributed by atoms with Crippen LogP contribution in [0.2, 0.25) is 0 Å². The average molecular weight is 1140 g/mol. The summed E-state index contributed by atoms with van der Waals surface area (Å²) in [6.45, 7) is 3.22. The van der Waals surface area contributed by atoms with Crippen molar-refractivity contribution in [2.75, 3.05) is 19.7 Å². The van der Waals surface area contributed by atoms with E-state index in [1.54, 1.807) is 44.3 Å². The molecule has 0 bridgehead atoms. The van der Waals surface area contributed by atoms with Gasteiger partial charge in [-0.25, -0.2) is 9.78 Å². The molecular weight excluding hydrogens is 1060 g/mol. The van der Waals surface area contributed by atoms with Gasteiger partial charge in [0.2, 0.25) is 53.2 Å². The first-order chi connectivity index (χ1) is 38.3. The van der Waals surface area contributed by atoms with Gasteiger partial charge in [0.15, 0.2) is 12.0 Å². The molecule has 0 unspecified atom stereocenters. The highest BCUT2D eigenvalue weighted by Crippen LogP contribution is 2.23. The molecule has 81 heavy (non-hydrogen) atoms. The van der Waals surface area contributed by atoms with Crippen LogP contribution in [0.1, 0.15) is 83.4 Å². The van der Waals surface area contributed by atoms with E-state index in [1.807, 2.05) is 0 Å². The Labute approximate surface area is 464 Å². The average Bonchev–Trinajstić information content (AvgIpc) is 4.21. The monoisotopic (exact) mass is 1140 g/mol. The van der Waals surface area contributed by atoms with Crippen LogP contribution >= 0.6 is 0 Å². The predicted molar refractivity (Wildman–Crippen MR) is 287 cm³/mol. The van der Waals surface area contributed by atoms with Crippen molar-refractivity contribution in [2.24, 2.45) is 33.8 Å². The lowest BCUT2D eigenvalue weighted by atomic mass is 10.00. The minimum Gasteiger partial charge on any atom is -0.481 e. The second kappa shape index (κ2) is 31.2. The van der Waals surface area contributed by atoms with Gasteiger partial charge in [0.25, 0.3) is 0 Å². The van der Waals surface area contributed by atoms with Crippen LogP contribution < -0.4 is 60.2 Å². The quantitative estimate of drug-likeness (QED) is 0.0154. The van der Waals surface area contributed by atoms with Crippen molar-refractivity contribution >= 4 is 82.0 Å². The summed E-state index contributed by atoms with van der Waals surface area (Å²) in [5, 5.41) is 57.7. The molecule has 1 saturated heterocycles. The smallest absolute Gasteiger partial charge is 0.328 e. The number of aromatic amines is 2. The van der Waals surface area contributed by atoms with Crippen LogP contribution in [0.15, 0.2) is 48.0 Å². The Kier molecular flexibility index (Phi) is 24.9. The first-order valence-corrected chi connectivity index (χ1v) is 26.1. The number of hydrogen-bond acceptors (Lipinski definition) is 16. The lowest BCUT2D eigenvalue weighted by molar-refractivity contribution is -0.146. The third-order valence-corrected chi connectivity index (χ3v) is 13.2. The molecule has 0 aliphatic carbocycles. The zero-order valence-corrected chi connectivity index (χ0v) is 45.0. The number of likely N-dealkylation sites (tertiary alicyclic amines) is 1. The lowest BCUT2D eigenvalue weighted by Gasteiger charge is -2.32. The van der Waals surface area contributed by atoms with E-state index in [0.717, 1.165) is 0 Å². The lowest BCUT2D eigenvalue weighted by Crippen LogP contribution is -2.61. The number of nitrogens with one attached hydrogen (secondary N) is 9. The Morgan fingerprint density at radius 2 is 1.32 bits per heavy atom. The third-order valence-electron chi connectivity index (χ3n) is 13.2. The van der Waals surface area contributed by atoms with Gasteiger partial charge in [-0.1, -0.05) is 32.0 Å². The number of guanidine groups is 1. The van der Waals surface area contributed by atoms with E-state index in [0.29, 0.717) is 28.6 Å². The molecule has 9 amide bonds. The van der Waals surface area contributed by atoms with Crippen LogP contribution in [0.4, 0.5) is 0 Å². The number of H-pyrrole nitrogens is 2. The van der Waals surface area contributed by atoms with E-state index >= 15 is 0 Å². The van der Waals surface area contributed by atoms with Crippen molar-refractivity contribution in [3.8, 4) is 0 Å². The maximum atomic E-state index is 14.5. The van der Waals surface area contributed by atoms with E-state index in [4.69, 9.17) is 22.9 Å². The number of carbonyl (C=O) groups is 11. The number of carboxylic acid groups (broad SMARTS) is 2. The molecule has 444 valence electrons. The molecule has 0 saturated carbocycles. The van der Waals surface area contributed by atoms with E-state index in [9.17, 15) is 73.2 Å². The van der Waals surface area contributed by atoms with Crippen molar-refractivity contribution < 1.29 is 73.2 Å². The van der Waals surface area contributed by atoms with Gasteiger partial charge in [0.05, 0.1) is 25.1 Å². The molecule has 31 nitrogen and oxygen atoms in total. The zero-order chi connectivity index (χ0) is 60.1. The number of primary amides is 1. The van der Waals surface area contributed by atoms with Gasteiger partial charge in [-0.2, -0.15) is 0 Å². The number of nitrogens with two attached hydrogens (primary N) is 4. The Bertz CT molecular complexity index is 2730. The van der Waals surface area contributed by atoms with Crippen LogP contribution in [0, 0.1) is 5.92 Å². The Balaban J connectivity index is 1.55. The maximum absolute atomic E-state index is 14.5. The molecule has 3 heterocycles. The van der Waals surface area contributed by atoms with Gasteiger partial charge in [-0.3, -0.25) is 52.9 Å². The highest BCUT2D eigenvalue weighted by atomic mass is 16.4. The van der Waals surface area contributed by atoms with Crippen LogP contribution in [-0.4, -0.2) is 192 Å². The molecule has 3 aromatic rings. The molecule has 0 spiro atoms. The number of benzene rings is 1. The molecule has 10 atom stereocenters. The number of carboxylic acids is 2. The number of aliphatic hydroxyl groups is 2. The van der Waals surface area contributed by atoms with Crippen LogP contribution in [0.3, 0.4) is 0 Å². The second-order valence-electron chi connectivity index (χ2n) is 19.8. The fourth-order valence-corrected chi connectivity index (χ4v) is 8.74. The highest BCUT2D eigenvalue weighted by Gasteiger charge is 2.42. The Hall–Kier alpha value is -8.71. The number of imidazole rings is 1. The summed E-state index contributed by atoms with van der Waals surface area (Å²) in [4.78, 5) is 161. The van der Waals surface area contributed by atoms with Gasteiger partial charge in [0.1, 0.15) is 42.3 Å². The number of hydrogen-bond donors (Lipinski definition) is 17. The van der Waals surface area contributed by atoms with Crippen molar-refractivity contribution in [1.29, 1.82) is 0 Å². The minimum absolute atomic E-state index is 0.0141. The fourth-order valence-electron chi connectivity index (χ4n) is 8.74. The van der Waals surface area contributed by atoms with Crippen molar-refractivity contribution in [3.63, 3.8) is 0 Å². The third kappa shape index (κ3) is 19.9. The van der Waals surface area contributed by atoms with Gasteiger partial charge in [0, 0.05) is 67.8 Å². The number of nitrogens with zero attached hydrogens (tertiary/aromatic N) is 3. The molecule has 2 aromatic heterocycles. The molecule has 1 aliphatic rings. The normalized spacial score (nSPS) is 16.4. The molecule has 31 heteroatoms. The number of rotatable bonds is 33. The van der Waals surface area contributed by atoms with E-state index < -0.39 is 151 Å². The molecule has 1 aromatic carbocycles. The van der Waals surface area contributed by atoms with Crippen molar-refractivity contribution in [1.82, 2.24) is 57.1 Å². The largest absolute Gasteiger partial charge is 0.481 e. The first-order valence-electron chi connectivity index (χ1n) is 26.1. The fraction of sp³-hybridized carbons (Fsp3) is 0.540. The number of aliphatic hydroxyl groups excluding tert-OH is 2. The zero-order valence-electron chi connectivity index (χ0n) is 45.0. The Morgan fingerprint density at radius 1 is 0.728 bits per heavy atom. The maximum Gasteiger partial charge on any atom is 0.328 e. The van der Waals surface area contributed by atoms with Crippen LogP contribution in [-0.2, 0) is 65.6 Å². The summed E-state index contributed by atoms with van der Waals surface area (Å²) >= 11 is 0. The first kappa shape index (κ1) is 64.8. The summed E-state index contributed by atoms with van der Waals surface area (Å²) in [7, 11) is 0. The predicted octanol–water partition coefficient (Wildman–Crippen LogP) is -5.31. The minimum atomic E-state index is -1.78. The standard InChI is InChI=1S/C50H74N16O15/c1-24(2)39(48(79)66-17-7-11-36(66)47(78)62-33(45(76)65-40(25(3)68)49(80)81)18-26-20-57-30-9-5-4-8-28(26)30)64-43(74)32(13-15-38(70)71)60-42(73)31(10-6-16-56-50(53)54)59-46(77)35(22-67)63-44(75)34(19-27-21-55-23-58-27)61-41(72)29(51)12-14-37(52)69/h4-5,8-9,20-21,23-25,29,31-36,39-40,57,67-68H,6-7,10-19,22,51H2,1-3H3,(H2,52,69)(H,55,58)(H,59,77)(H,60,73)(H,61,72)(H,62,78)(H,63,75)(H,64,74)(H,65,76)(H,70,71)(H,80,81)(H4,53,54,56)/t25-,29+,31+,32+,33+,34+,35+,36+,39+,40+/m1/s1. The SMILES string of the molecule is CC(C)[C@H](NC(=O)[C@H](CCC(=O)O)NC(=O)[C@H](CCCN=C(N)N)NC(=O)[C@H](CO)NC(=O)[C@H](Cc1cnc[nH]1)NC(=O)[C@@H](N)CCC(N)=O)C(=O)N1CCC[C@H]1C(=O)N[C@@H](Cc1c[nH]c2ccccc12)C(=O)N[C@H](C(=O)O)[C@@H](C)O. The molecule has 21 N–H and O–H groups in total. The summed E-state index contributed by atoms with van der Waals surface area (Å²) in [6.07, 6.45) is 0.954.